The van der Waals surface area contributed by atoms with Gasteiger partial charge in [0.25, 0.3) is 0 Å². The summed E-state index contributed by atoms with van der Waals surface area (Å²) in [6, 6.07) is 0. The van der Waals surface area contributed by atoms with Crippen molar-refractivity contribution in [3.05, 3.63) is 0 Å². The van der Waals surface area contributed by atoms with Crippen molar-refractivity contribution in [1.82, 2.24) is 0 Å². The molecule has 0 spiro atoms. The van der Waals surface area contributed by atoms with Crippen LogP contribution in [-0.2, 0) is 0 Å². The van der Waals surface area contributed by atoms with Gasteiger partial charge in [0, 0.05) is 0 Å². The highest BCUT2D eigenvalue weighted by atomic mass is 19.4. The molecule has 0 aromatic rings. The Morgan fingerprint density at radius 1 is 0.765 bits per heavy atom. The van der Waals surface area contributed by atoms with Gasteiger partial charge < -0.3 is 10.2 Å². The average Bonchev–Trinajstić information content (AvgIpc) is 2.16. The van der Waals surface area contributed by atoms with E-state index in [0.29, 0.717) is 0 Å². The summed E-state index contributed by atoms with van der Waals surface area (Å²) >= 11 is 0. The van der Waals surface area contributed by atoms with Crippen molar-refractivity contribution in [1.29, 1.82) is 0 Å². The first-order chi connectivity index (χ1) is 7.25. The molecular formula is C6H5F9O2. The lowest BCUT2D eigenvalue weighted by Crippen LogP contribution is -2.65. The molecule has 0 radical (unpaired) electrons. The SMILES string of the molecule is OC(O)C(F)(F)C(F)(F)C(F)(F)C(F)(F)CF. The highest BCUT2D eigenvalue weighted by molar-refractivity contribution is 5.04. The maximum atomic E-state index is 12.4. The zero-order valence-electron chi connectivity index (χ0n) is 7.58. The van der Waals surface area contributed by atoms with E-state index in [2.05, 4.69) is 0 Å². The van der Waals surface area contributed by atoms with Gasteiger partial charge in [-0.05, 0) is 0 Å². The zero-order valence-corrected chi connectivity index (χ0v) is 7.58. The molecule has 0 aromatic heterocycles. The Balaban J connectivity index is 5.61. The number of alkyl halides is 9. The molecule has 0 aliphatic carbocycles. The van der Waals surface area contributed by atoms with Crippen molar-refractivity contribution < 1.29 is 49.7 Å². The fourth-order valence-electron chi connectivity index (χ4n) is 0.685. The summed E-state index contributed by atoms with van der Waals surface area (Å²) in [6.07, 6.45) is -4.32. The molecule has 0 bridgehead atoms. The van der Waals surface area contributed by atoms with Gasteiger partial charge in [-0.15, -0.1) is 0 Å². The molecule has 17 heavy (non-hydrogen) atoms. The molecule has 0 fully saturated rings. The lowest BCUT2D eigenvalue weighted by molar-refractivity contribution is -0.397. The topological polar surface area (TPSA) is 40.5 Å². The largest absolute Gasteiger partial charge is 0.383 e. The summed E-state index contributed by atoms with van der Waals surface area (Å²) in [7, 11) is 0. The molecule has 2 N–H and O–H groups in total. The molecule has 0 saturated heterocycles. The van der Waals surface area contributed by atoms with E-state index >= 15 is 0 Å². The third-order valence-electron chi connectivity index (χ3n) is 1.76. The number of hydrogen-bond acceptors (Lipinski definition) is 2. The van der Waals surface area contributed by atoms with E-state index < -0.39 is 36.7 Å². The summed E-state index contributed by atoms with van der Waals surface area (Å²) in [5.74, 6) is -26.0. The second kappa shape index (κ2) is 4.19. The van der Waals surface area contributed by atoms with Gasteiger partial charge in [0.05, 0.1) is 0 Å². The molecule has 0 aliphatic rings. The van der Waals surface area contributed by atoms with Gasteiger partial charge >= 0.3 is 23.7 Å². The van der Waals surface area contributed by atoms with Crippen LogP contribution in [0.25, 0.3) is 0 Å². The van der Waals surface area contributed by atoms with Gasteiger partial charge in [0.15, 0.2) is 6.67 Å². The van der Waals surface area contributed by atoms with E-state index in [9.17, 15) is 39.5 Å². The summed E-state index contributed by atoms with van der Waals surface area (Å²) in [5, 5.41) is 15.5. The summed E-state index contributed by atoms with van der Waals surface area (Å²) < 4.78 is 110. The van der Waals surface area contributed by atoms with Crippen LogP contribution >= 0.6 is 0 Å². The fraction of sp³-hybridized carbons (Fsp3) is 1.00. The molecule has 0 atom stereocenters. The van der Waals surface area contributed by atoms with Crippen molar-refractivity contribution in [3.8, 4) is 0 Å². The number of halogens is 9. The van der Waals surface area contributed by atoms with Crippen LogP contribution < -0.4 is 0 Å². The second-order valence-corrected chi connectivity index (χ2v) is 2.98. The highest BCUT2D eigenvalue weighted by Gasteiger charge is 2.82. The van der Waals surface area contributed by atoms with Gasteiger partial charge in [0.1, 0.15) is 0 Å². The minimum absolute atomic E-state index is 3.33. The zero-order chi connectivity index (χ0) is 14.3. The lowest BCUT2D eigenvalue weighted by Gasteiger charge is -2.36. The van der Waals surface area contributed by atoms with E-state index in [-0.39, 0.29) is 0 Å². The molecule has 0 heterocycles. The molecule has 0 amide bonds. The van der Waals surface area contributed by atoms with Crippen LogP contribution in [-0.4, -0.2) is 46.9 Å². The second-order valence-electron chi connectivity index (χ2n) is 2.98. The number of hydrogen-bond donors (Lipinski definition) is 2. The predicted molar refractivity (Wildman–Crippen MR) is 34.0 cm³/mol. The Kier molecular flexibility index (Phi) is 4.02. The van der Waals surface area contributed by atoms with Crippen LogP contribution in [0.15, 0.2) is 0 Å². The Hall–Kier alpha value is -0.710. The summed E-state index contributed by atoms with van der Waals surface area (Å²) in [5.41, 5.74) is 0. The van der Waals surface area contributed by atoms with Crippen LogP contribution in [0.3, 0.4) is 0 Å². The first-order valence-corrected chi connectivity index (χ1v) is 3.69. The summed E-state index contributed by atoms with van der Waals surface area (Å²) in [6.45, 7) is -3.33. The van der Waals surface area contributed by atoms with Crippen LogP contribution in [0.1, 0.15) is 0 Å². The molecule has 0 rings (SSSR count). The van der Waals surface area contributed by atoms with Gasteiger partial charge in [-0.3, -0.25) is 0 Å². The maximum absolute atomic E-state index is 12.4. The Morgan fingerprint density at radius 3 is 1.35 bits per heavy atom. The average molecular weight is 280 g/mol. The van der Waals surface area contributed by atoms with Crippen LogP contribution in [0.4, 0.5) is 39.5 Å². The Labute approximate surface area is 87.6 Å². The molecule has 0 unspecified atom stereocenters. The predicted octanol–water partition coefficient (Wildman–Crippen LogP) is 1.81. The van der Waals surface area contributed by atoms with E-state index in [0.717, 1.165) is 0 Å². The quantitative estimate of drug-likeness (QED) is 0.595. The van der Waals surface area contributed by atoms with Gasteiger partial charge in [-0.2, -0.15) is 35.1 Å². The first-order valence-electron chi connectivity index (χ1n) is 3.69. The molecular weight excluding hydrogens is 275 g/mol. The number of aliphatic hydroxyl groups excluding tert-OH is 1. The molecule has 0 aliphatic heterocycles. The van der Waals surface area contributed by atoms with E-state index in [4.69, 9.17) is 10.2 Å². The monoisotopic (exact) mass is 280 g/mol. The normalized spacial score (nSPS) is 15.5. The van der Waals surface area contributed by atoms with E-state index in [1.807, 2.05) is 0 Å². The van der Waals surface area contributed by atoms with E-state index in [1.54, 1.807) is 0 Å². The van der Waals surface area contributed by atoms with E-state index in [1.165, 1.54) is 0 Å². The lowest BCUT2D eigenvalue weighted by atomic mass is 9.99. The van der Waals surface area contributed by atoms with Crippen molar-refractivity contribution in [3.63, 3.8) is 0 Å². The van der Waals surface area contributed by atoms with Crippen molar-refractivity contribution in [2.75, 3.05) is 6.67 Å². The summed E-state index contributed by atoms with van der Waals surface area (Å²) in [4.78, 5) is 0. The van der Waals surface area contributed by atoms with Crippen LogP contribution in [0, 0.1) is 0 Å². The van der Waals surface area contributed by atoms with Gasteiger partial charge in [0.2, 0.25) is 6.29 Å². The molecule has 104 valence electrons. The van der Waals surface area contributed by atoms with Crippen molar-refractivity contribution in [2.45, 2.75) is 30.0 Å². The third kappa shape index (κ3) is 2.17. The molecule has 0 saturated carbocycles. The molecule has 0 aromatic carbocycles. The number of aliphatic hydroxyl groups is 2. The first kappa shape index (κ1) is 16.3. The van der Waals surface area contributed by atoms with Gasteiger partial charge in [-0.1, -0.05) is 0 Å². The Morgan fingerprint density at radius 2 is 1.12 bits per heavy atom. The standard InChI is InChI=1S/C6H5F9O2/c7-1-3(8,9)5(12,13)6(14,15)4(10,11)2(16)17/h2,16-17H,1H2. The van der Waals surface area contributed by atoms with Gasteiger partial charge in [-0.25, -0.2) is 4.39 Å². The van der Waals surface area contributed by atoms with Crippen molar-refractivity contribution in [2.24, 2.45) is 0 Å². The van der Waals surface area contributed by atoms with Crippen LogP contribution in [0.2, 0.25) is 0 Å². The Bertz CT molecular complexity index is 275. The van der Waals surface area contributed by atoms with Crippen molar-refractivity contribution >= 4 is 0 Å². The fourth-order valence-corrected chi connectivity index (χ4v) is 0.685. The minimum Gasteiger partial charge on any atom is -0.363 e. The molecule has 11 heteroatoms. The smallest absolute Gasteiger partial charge is 0.363 e. The minimum atomic E-state index is -6.86. The van der Waals surface area contributed by atoms with Crippen LogP contribution in [0.5, 0.6) is 0 Å². The number of rotatable bonds is 5. The highest BCUT2D eigenvalue weighted by Crippen LogP contribution is 2.53. The maximum Gasteiger partial charge on any atom is 0.383 e. The third-order valence-corrected chi connectivity index (χ3v) is 1.76. The molecule has 2 nitrogen and oxygen atoms in total.